The van der Waals surface area contributed by atoms with Gasteiger partial charge >= 0.3 is 5.97 Å². The van der Waals surface area contributed by atoms with Crippen molar-refractivity contribution in [2.45, 2.75) is 19.9 Å². The molecule has 0 spiro atoms. The number of carbonyl (C=O) groups is 1. The summed E-state index contributed by atoms with van der Waals surface area (Å²) >= 11 is 0. The first-order chi connectivity index (χ1) is 8.99. The van der Waals surface area contributed by atoms with Gasteiger partial charge in [-0.3, -0.25) is 14.7 Å². The molecule has 1 aliphatic rings. The van der Waals surface area contributed by atoms with Crippen LogP contribution in [0.2, 0.25) is 0 Å². The summed E-state index contributed by atoms with van der Waals surface area (Å²) in [5, 5.41) is 9.56. The van der Waals surface area contributed by atoms with E-state index in [0.717, 1.165) is 43.1 Å². The van der Waals surface area contributed by atoms with Gasteiger partial charge in [-0.2, -0.15) is 0 Å². The Morgan fingerprint density at radius 1 is 1.26 bits per heavy atom. The van der Waals surface area contributed by atoms with E-state index in [1.165, 1.54) is 0 Å². The molecule has 1 unspecified atom stereocenters. The summed E-state index contributed by atoms with van der Waals surface area (Å²) in [6.45, 7) is 7.17. The summed E-state index contributed by atoms with van der Waals surface area (Å²) in [6.07, 6.45) is 0. The lowest BCUT2D eigenvalue weighted by atomic mass is 10.0. The summed E-state index contributed by atoms with van der Waals surface area (Å²) in [4.78, 5) is 20.3. The minimum absolute atomic E-state index is 0.582. The minimum Gasteiger partial charge on any atom is -0.480 e. The van der Waals surface area contributed by atoms with E-state index in [0.29, 0.717) is 0 Å². The van der Waals surface area contributed by atoms with Crippen LogP contribution in [0.1, 0.15) is 23.0 Å². The van der Waals surface area contributed by atoms with E-state index < -0.39 is 12.0 Å². The number of aliphatic carboxylic acids is 1. The first-order valence-corrected chi connectivity index (χ1v) is 6.58. The molecule has 5 heteroatoms. The second-order valence-electron chi connectivity index (χ2n) is 5.21. The highest BCUT2D eigenvalue weighted by molar-refractivity contribution is 5.76. The van der Waals surface area contributed by atoms with Gasteiger partial charge in [0, 0.05) is 43.1 Å². The molecular formula is C14H21N3O2. The Balaban J connectivity index is 2.27. The van der Waals surface area contributed by atoms with Crippen molar-refractivity contribution in [2.75, 3.05) is 33.2 Å². The number of aryl methyl sites for hydroxylation is 2. The average Bonchev–Trinajstić information content (AvgIpc) is 2.34. The third kappa shape index (κ3) is 3.11. The monoisotopic (exact) mass is 263 g/mol. The number of carboxylic acid groups (broad SMARTS) is 1. The summed E-state index contributed by atoms with van der Waals surface area (Å²) in [5.41, 5.74) is 2.54. The summed E-state index contributed by atoms with van der Waals surface area (Å²) in [5.74, 6) is -0.793. The van der Waals surface area contributed by atoms with Crippen molar-refractivity contribution in [3.05, 3.63) is 29.1 Å². The zero-order valence-corrected chi connectivity index (χ0v) is 11.8. The van der Waals surface area contributed by atoms with Crippen LogP contribution in [0.3, 0.4) is 0 Å². The van der Waals surface area contributed by atoms with Gasteiger partial charge in [-0.15, -0.1) is 0 Å². The zero-order chi connectivity index (χ0) is 14.0. The number of carboxylic acids is 1. The summed E-state index contributed by atoms with van der Waals surface area (Å²) in [7, 11) is 2.06. The van der Waals surface area contributed by atoms with E-state index in [9.17, 15) is 9.90 Å². The topological polar surface area (TPSA) is 56.7 Å². The number of aromatic nitrogens is 1. The van der Waals surface area contributed by atoms with Gasteiger partial charge in [-0.05, 0) is 27.0 Å². The van der Waals surface area contributed by atoms with Gasteiger partial charge < -0.3 is 10.0 Å². The van der Waals surface area contributed by atoms with Gasteiger partial charge in [0.25, 0.3) is 0 Å². The molecule has 0 radical (unpaired) electrons. The van der Waals surface area contributed by atoms with Crippen LogP contribution in [0.25, 0.3) is 0 Å². The highest BCUT2D eigenvalue weighted by Crippen LogP contribution is 2.24. The molecule has 1 aromatic heterocycles. The lowest BCUT2D eigenvalue weighted by Gasteiger charge is -2.36. The second kappa shape index (κ2) is 5.67. The third-order valence-corrected chi connectivity index (χ3v) is 3.70. The van der Waals surface area contributed by atoms with E-state index in [2.05, 4.69) is 16.9 Å². The van der Waals surface area contributed by atoms with Gasteiger partial charge in [0.2, 0.25) is 0 Å². The Morgan fingerprint density at radius 3 is 2.42 bits per heavy atom. The van der Waals surface area contributed by atoms with Crippen LogP contribution in [0, 0.1) is 13.8 Å². The maximum atomic E-state index is 11.6. The van der Waals surface area contributed by atoms with Crippen LogP contribution in [0.5, 0.6) is 0 Å². The van der Waals surface area contributed by atoms with Crippen LogP contribution in [0.4, 0.5) is 0 Å². The number of rotatable bonds is 3. The molecule has 1 fully saturated rings. The number of nitrogens with zero attached hydrogens (tertiary/aromatic N) is 3. The molecule has 1 saturated heterocycles. The molecule has 0 saturated carbocycles. The molecule has 5 nitrogen and oxygen atoms in total. The zero-order valence-electron chi connectivity index (χ0n) is 11.8. The molecule has 1 aliphatic heterocycles. The SMILES string of the molecule is Cc1ccc(C(C(=O)O)N2CCN(C)CC2)c(C)n1. The second-order valence-corrected chi connectivity index (χ2v) is 5.21. The van der Waals surface area contributed by atoms with E-state index in [4.69, 9.17) is 0 Å². The summed E-state index contributed by atoms with van der Waals surface area (Å²) < 4.78 is 0. The third-order valence-electron chi connectivity index (χ3n) is 3.70. The van der Waals surface area contributed by atoms with Crippen LogP contribution < -0.4 is 0 Å². The first-order valence-electron chi connectivity index (χ1n) is 6.58. The predicted octanol–water partition coefficient (Wildman–Crippen LogP) is 1.07. The first kappa shape index (κ1) is 14.0. The van der Waals surface area contributed by atoms with Crippen molar-refractivity contribution in [2.24, 2.45) is 0 Å². The molecule has 0 bridgehead atoms. The minimum atomic E-state index is -0.793. The fraction of sp³-hybridized carbons (Fsp3) is 0.571. The molecule has 104 valence electrons. The van der Waals surface area contributed by atoms with Crippen LogP contribution in [0.15, 0.2) is 12.1 Å². The average molecular weight is 263 g/mol. The maximum absolute atomic E-state index is 11.6. The Kier molecular flexibility index (Phi) is 4.17. The number of pyridine rings is 1. The maximum Gasteiger partial charge on any atom is 0.325 e. The number of hydrogen-bond acceptors (Lipinski definition) is 4. The molecule has 1 atom stereocenters. The van der Waals surface area contributed by atoms with Crippen molar-refractivity contribution in [1.29, 1.82) is 0 Å². The van der Waals surface area contributed by atoms with Gasteiger partial charge in [0.1, 0.15) is 6.04 Å². The van der Waals surface area contributed by atoms with Crippen LogP contribution in [-0.2, 0) is 4.79 Å². The highest BCUT2D eigenvalue weighted by atomic mass is 16.4. The smallest absolute Gasteiger partial charge is 0.325 e. The van der Waals surface area contributed by atoms with Gasteiger partial charge in [0.15, 0.2) is 0 Å². The molecule has 0 aliphatic carbocycles. The molecule has 1 aromatic rings. The Bertz CT molecular complexity index is 468. The van der Waals surface area contributed by atoms with Crippen molar-refractivity contribution in [3.63, 3.8) is 0 Å². The number of likely N-dealkylation sites (N-methyl/N-ethyl adjacent to an activating group) is 1. The predicted molar refractivity (Wildman–Crippen MR) is 73.2 cm³/mol. The fourth-order valence-electron chi connectivity index (χ4n) is 2.55. The normalized spacial score (nSPS) is 19.3. The van der Waals surface area contributed by atoms with E-state index in [1.54, 1.807) is 0 Å². The van der Waals surface area contributed by atoms with Gasteiger partial charge in [-0.1, -0.05) is 6.07 Å². The molecule has 2 rings (SSSR count). The molecular weight excluding hydrogens is 242 g/mol. The van der Waals surface area contributed by atoms with Crippen molar-refractivity contribution >= 4 is 5.97 Å². The van der Waals surface area contributed by atoms with Crippen molar-refractivity contribution < 1.29 is 9.90 Å². The number of piperazine rings is 1. The van der Waals surface area contributed by atoms with E-state index in [1.807, 2.05) is 30.9 Å². The van der Waals surface area contributed by atoms with Crippen LogP contribution in [-0.4, -0.2) is 59.1 Å². The van der Waals surface area contributed by atoms with E-state index in [-0.39, 0.29) is 0 Å². The lowest BCUT2D eigenvalue weighted by Crippen LogP contribution is -2.48. The standard InChI is InChI=1S/C14H21N3O2/c1-10-4-5-12(11(2)15-10)13(14(18)19)17-8-6-16(3)7-9-17/h4-5,13H,6-9H2,1-3H3,(H,18,19). The largest absolute Gasteiger partial charge is 0.480 e. The van der Waals surface area contributed by atoms with Crippen LogP contribution >= 0.6 is 0 Å². The fourth-order valence-corrected chi connectivity index (χ4v) is 2.55. The van der Waals surface area contributed by atoms with Gasteiger partial charge in [-0.25, -0.2) is 0 Å². The molecule has 1 N–H and O–H groups in total. The molecule has 0 amide bonds. The quantitative estimate of drug-likeness (QED) is 0.884. The Morgan fingerprint density at radius 2 is 1.89 bits per heavy atom. The lowest BCUT2D eigenvalue weighted by molar-refractivity contribution is -0.144. The Hall–Kier alpha value is -1.46. The molecule has 2 heterocycles. The Labute approximate surface area is 113 Å². The highest BCUT2D eigenvalue weighted by Gasteiger charge is 2.30. The molecule has 0 aromatic carbocycles. The van der Waals surface area contributed by atoms with Crippen molar-refractivity contribution in [1.82, 2.24) is 14.8 Å². The number of hydrogen-bond donors (Lipinski definition) is 1. The summed E-state index contributed by atoms with van der Waals surface area (Å²) in [6, 6.07) is 3.20. The van der Waals surface area contributed by atoms with E-state index >= 15 is 0 Å². The molecule has 19 heavy (non-hydrogen) atoms. The van der Waals surface area contributed by atoms with Crippen molar-refractivity contribution in [3.8, 4) is 0 Å². The van der Waals surface area contributed by atoms with Gasteiger partial charge in [0.05, 0.1) is 0 Å².